The Hall–Kier alpha value is -2.34. The number of carbonyl (C=O) groups excluding carboxylic acids is 2. The zero-order chi connectivity index (χ0) is 15.1. The van der Waals surface area contributed by atoms with E-state index in [-0.39, 0.29) is 0 Å². The zero-order valence-electron chi connectivity index (χ0n) is 11.5. The van der Waals surface area contributed by atoms with E-state index in [9.17, 15) is 9.59 Å². The fourth-order valence-corrected chi connectivity index (χ4v) is 2.11. The fourth-order valence-electron chi connectivity index (χ4n) is 1.65. The Kier molecular flexibility index (Phi) is 5.34. The summed E-state index contributed by atoms with van der Waals surface area (Å²) in [5, 5.41) is 5.14. The molecule has 0 radical (unpaired) electrons. The summed E-state index contributed by atoms with van der Waals surface area (Å²) in [5.74, 6) is -1.34. The molecule has 0 aliphatic carbocycles. The first-order valence-electron chi connectivity index (χ1n) is 6.31. The van der Waals surface area contributed by atoms with Crippen molar-refractivity contribution in [1.82, 2.24) is 10.3 Å². The third-order valence-corrected chi connectivity index (χ3v) is 3.46. The summed E-state index contributed by atoms with van der Waals surface area (Å²) in [6.45, 7) is 0.291. The molecule has 0 aliphatic rings. The van der Waals surface area contributed by atoms with Gasteiger partial charge in [-0.05, 0) is 42.2 Å². The molecule has 0 spiro atoms. The van der Waals surface area contributed by atoms with Crippen molar-refractivity contribution in [3.8, 4) is 0 Å². The maximum atomic E-state index is 11.8. The van der Waals surface area contributed by atoms with Crippen LogP contribution in [0.2, 0.25) is 0 Å². The monoisotopic (exact) mass is 301 g/mol. The van der Waals surface area contributed by atoms with Gasteiger partial charge in [-0.1, -0.05) is 6.07 Å². The predicted molar refractivity (Wildman–Crippen MR) is 82.9 cm³/mol. The second-order valence-corrected chi connectivity index (χ2v) is 5.10. The molecular weight excluding hydrogens is 286 g/mol. The molecule has 1 heterocycles. The molecule has 6 heteroatoms. The first-order chi connectivity index (χ1) is 10.2. The van der Waals surface area contributed by atoms with E-state index in [1.165, 1.54) is 0 Å². The summed E-state index contributed by atoms with van der Waals surface area (Å²) in [4.78, 5) is 28.4. The summed E-state index contributed by atoms with van der Waals surface area (Å²) in [5.41, 5.74) is 1.49. The van der Waals surface area contributed by atoms with Gasteiger partial charge in [0.15, 0.2) is 0 Å². The molecule has 1 aromatic carbocycles. The minimum absolute atomic E-state index is 0.291. The molecule has 2 amide bonds. The number of thioether (sulfide) groups is 1. The number of anilines is 1. The minimum Gasteiger partial charge on any atom is -0.344 e. The molecule has 0 fully saturated rings. The van der Waals surface area contributed by atoms with Crippen LogP contribution in [0.25, 0.3) is 0 Å². The molecule has 0 saturated heterocycles. The summed E-state index contributed by atoms with van der Waals surface area (Å²) in [7, 11) is 0. The second-order valence-electron chi connectivity index (χ2n) is 4.22. The van der Waals surface area contributed by atoms with E-state index in [0.29, 0.717) is 12.2 Å². The van der Waals surface area contributed by atoms with Crippen molar-refractivity contribution in [2.24, 2.45) is 0 Å². The molecule has 2 N–H and O–H groups in total. The zero-order valence-corrected chi connectivity index (χ0v) is 12.3. The van der Waals surface area contributed by atoms with Crippen LogP contribution in [0, 0.1) is 0 Å². The van der Waals surface area contributed by atoms with Gasteiger partial charge < -0.3 is 10.6 Å². The number of nitrogens with zero attached hydrogens (tertiary/aromatic N) is 1. The molecule has 108 valence electrons. The Bertz CT molecular complexity index is 632. The lowest BCUT2D eigenvalue weighted by atomic mass is 10.2. The number of amides is 2. The Morgan fingerprint density at radius 2 is 1.90 bits per heavy atom. The molecule has 0 unspecified atom stereocenters. The molecule has 0 bridgehead atoms. The van der Waals surface area contributed by atoms with Crippen LogP contribution in [0.5, 0.6) is 0 Å². The third kappa shape index (κ3) is 4.61. The molecule has 5 nitrogen and oxygen atoms in total. The lowest BCUT2D eigenvalue weighted by molar-refractivity contribution is -0.136. The number of pyridine rings is 1. The predicted octanol–water partition coefficient (Wildman–Crippen LogP) is 2.06. The first-order valence-corrected chi connectivity index (χ1v) is 7.53. The van der Waals surface area contributed by atoms with Gasteiger partial charge in [0.05, 0.1) is 0 Å². The number of carbonyl (C=O) groups is 2. The normalized spacial score (nSPS) is 9.95. The molecule has 21 heavy (non-hydrogen) atoms. The van der Waals surface area contributed by atoms with Gasteiger partial charge in [-0.25, -0.2) is 0 Å². The Balaban J connectivity index is 1.89. The summed E-state index contributed by atoms with van der Waals surface area (Å²) < 4.78 is 0. The number of hydrogen-bond acceptors (Lipinski definition) is 4. The summed E-state index contributed by atoms with van der Waals surface area (Å²) in [6.07, 6.45) is 5.22. The number of aromatic nitrogens is 1. The molecule has 0 saturated carbocycles. The average Bonchev–Trinajstić information content (AvgIpc) is 2.53. The Labute approximate surface area is 127 Å². The van der Waals surface area contributed by atoms with Gasteiger partial charge in [-0.2, -0.15) is 0 Å². The lowest BCUT2D eigenvalue weighted by Crippen LogP contribution is -2.34. The van der Waals surface area contributed by atoms with Crippen LogP contribution < -0.4 is 10.6 Å². The van der Waals surface area contributed by atoms with Crippen molar-refractivity contribution < 1.29 is 9.59 Å². The molecular formula is C15H15N3O2S. The second kappa shape index (κ2) is 7.44. The van der Waals surface area contributed by atoms with E-state index in [1.54, 1.807) is 42.4 Å². The van der Waals surface area contributed by atoms with E-state index in [4.69, 9.17) is 0 Å². The van der Waals surface area contributed by atoms with Gasteiger partial charge in [0, 0.05) is 29.5 Å². The van der Waals surface area contributed by atoms with Gasteiger partial charge in [-0.15, -0.1) is 11.8 Å². The van der Waals surface area contributed by atoms with Gasteiger partial charge in [-0.3, -0.25) is 14.6 Å². The van der Waals surface area contributed by atoms with Crippen molar-refractivity contribution in [2.45, 2.75) is 11.4 Å². The molecule has 1 aromatic heterocycles. The van der Waals surface area contributed by atoms with Crippen molar-refractivity contribution in [3.05, 3.63) is 54.4 Å². The highest BCUT2D eigenvalue weighted by Gasteiger charge is 2.13. The maximum Gasteiger partial charge on any atom is 0.313 e. The highest BCUT2D eigenvalue weighted by Crippen LogP contribution is 2.18. The summed E-state index contributed by atoms with van der Waals surface area (Å²) >= 11 is 1.57. The average molecular weight is 301 g/mol. The van der Waals surface area contributed by atoms with E-state index >= 15 is 0 Å². The van der Waals surface area contributed by atoms with Crippen LogP contribution in [0.3, 0.4) is 0 Å². The van der Waals surface area contributed by atoms with Gasteiger partial charge in [0.2, 0.25) is 0 Å². The third-order valence-electron chi connectivity index (χ3n) is 2.74. The Morgan fingerprint density at radius 3 is 2.62 bits per heavy atom. The van der Waals surface area contributed by atoms with Crippen molar-refractivity contribution in [3.63, 3.8) is 0 Å². The van der Waals surface area contributed by atoms with Crippen LogP contribution in [-0.2, 0) is 16.1 Å². The van der Waals surface area contributed by atoms with Crippen molar-refractivity contribution in [1.29, 1.82) is 0 Å². The van der Waals surface area contributed by atoms with Gasteiger partial charge >= 0.3 is 11.8 Å². The number of benzene rings is 1. The SMILES string of the molecule is CSc1cccc(NC(=O)C(=O)NCc2ccncc2)c1. The smallest absolute Gasteiger partial charge is 0.313 e. The van der Waals surface area contributed by atoms with Crippen LogP contribution >= 0.6 is 11.8 Å². The highest BCUT2D eigenvalue weighted by molar-refractivity contribution is 7.98. The first kappa shape index (κ1) is 15.1. The molecule has 0 aliphatic heterocycles. The van der Waals surface area contributed by atoms with Crippen molar-refractivity contribution >= 4 is 29.3 Å². The van der Waals surface area contributed by atoms with Crippen LogP contribution in [0.15, 0.2) is 53.7 Å². The maximum absolute atomic E-state index is 11.8. The van der Waals surface area contributed by atoms with Crippen LogP contribution in [0.1, 0.15) is 5.56 Å². The summed E-state index contributed by atoms with van der Waals surface area (Å²) in [6, 6.07) is 10.9. The number of hydrogen-bond donors (Lipinski definition) is 2. The minimum atomic E-state index is -0.678. The Morgan fingerprint density at radius 1 is 1.14 bits per heavy atom. The number of rotatable bonds is 4. The van der Waals surface area contributed by atoms with Crippen molar-refractivity contribution in [2.75, 3.05) is 11.6 Å². The van der Waals surface area contributed by atoms with Crippen LogP contribution in [-0.4, -0.2) is 23.1 Å². The number of nitrogens with one attached hydrogen (secondary N) is 2. The fraction of sp³-hybridized carbons (Fsp3) is 0.133. The molecule has 2 rings (SSSR count). The largest absolute Gasteiger partial charge is 0.344 e. The van der Waals surface area contributed by atoms with E-state index in [1.807, 2.05) is 24.5 Å². The molecule has 2 aromatic rings. The van der Waals surface area contributed by atoms with E-state index < -0.39 is 11.8 Å². The standard InChI is InChI=1S/C15H15N3O2S/c1-21-13-4-2-3-12(9-13)18-15(20)14(19)17-10-11-5-7-16-8-6-11/h2-9H,10H2,1H3,(H,17,19)(H,18,20). The van der Waals surface area contributed by atoms with E-state index in [2.05, 4.69) is 15.6 Å². The topological polar surface area (TPSA) is 71.1 Å². The van der Waals surface area contributed by atoms with Gasteiger partial charge in [0.1, 0.15) is 0 Å². The van der Waals surface area contributed by atoms with Gasteiger partial charge in [0.25, 0.3) is 0 Å². The highest BCUT2D eigenvalue weighted by atomic mass is 32.2. The van der Waals surface area contributed by atoms with E-state index in [0.717, 1.165) is 10.5 Å². The quantitative estimate of drug-likeness (QED) is 0.670. The van der Waals surface area contributed by atoms with Crippen LogP contribution in [0.4, 0.5) is 5.69 Å². The lowest BCUT2D eigenvalue weighted by Gasteiger charge is -2.07. The molecule has 0 atom stereocenters.